The Kier molecular flexibility index (Phi) is 4.95. The second kappa shape index (κ2) is 6.80. The van der Waals surface area contributed by atoms with E-state index in [4.69, 9.17) is 5.73 Å². The predicted octanol–water partition coefficient (Wildman–Crippen LogP) is 1.66. The van der Waals surface area contributed by atoms with Crippen molar-refractivity contribution in [2.24, 2.45) is 23.5 Å². The van der Waals surface area contributed by atoms with Crippen molar-refractivity contribution in [3.8, 4) is 0 Å². The SMILES string of the molecule is CCC1CC2CCC(NC(=O)CN3CCC(C(N)=O)CC3)(C1)C2. The van der Waals surface area contributed by atoms with Crippen LogP contribution in [0.2, 0.25) is 0 Å². The molecule has 5 nitrogen and oxygen atoms in total. The molecule has 0 aromatic carbocycles. The van der Waals surface area contributed by atoms with Crippen molar-refractivity contribution in [2.45, 2.75) is 63.8 Å². The lowest BCUT2D eigenvalue weighted by atomic mass is 9.75. The number of carbonyl (C=O) groups excluding carboxylic acids is 2. The molecule has 3 rings (SSSR count). The van der Waals surface area contributed by atoms with Gasteiger partial charge in [-0.15, -0.1) is 0 Å². The van der Waals surface area contributed by atoms with Crippen LogP contribution < -0.4 is 11.1 Å². The summed E-state index contributed by atoms with van der Waals surface area (Å²) in [5.41, 5.74) is 5.44. The molecule has 2 aliphatic carbocycles. The molecule has 3 unspecified atom stereocenters. The molecule has 3 fully saturated rings. The minimum absolute atomic E-state index is 0.00727. The zero-order valence-corrected chi connectivity index (χ0v) is 14.4. The third-order valence-electron chi connectivity index (χ3n) is 6.40. The fraction of sp³-hybridized carbons (Fsp3) is 0.889. The van der Waals surface area contributed by atoms with Gasteiger partial charge in [-0.3, -0.25) is 14.5 Å². The van der Waals surface area contributed by atoms with E-state index in [1.54, 1.807) is 0 Å². The minimum Gasteiger partial charge on any atom is -0.369 e. The molecule has 0 spiro atoms. The van der Waals surface area contributed by atoms with Gasteiger partial charge in [0, 0.05) is 11.5 Å². The van der Waals surface area contributed by atoms with Gasteiger partial charge in [-0.1, -0.05) is 13.3 Å². The van der Waals surface area contributed by atoms with E-state index in [0.717, 1.165) is 50.6 Å². The third kappa shape index (κ3) is 3.87. The van der Waals surface area contributed by atoms with Crippen LogP contribution >= 0.6 is 0 Å². The van der Waals surface area contributed by atoms with Crippen LogP contribution in [-0.4, -0.2) is 41.9 Å². The van der Waals surface area contributed by atoms with Gasteiger partial charge in [0.05, 0.1) is 6.54 Å². The zero-order valence-electron chi connectivity index (χ0n) is 14.4. The lowest BCUT2D eigenvalue weighted by Crippen LogP contribution is -2.53. The molecule has 3 aliphatic rings. The molecular formula is C18H31N3O2. The number of primary amides is 1. The summed E-state index contributed by atoms with van der Waals surface area (Å²) >= 11 is 0. The zero-order chi connectivity index (χ0) is 16.4. The Morgan fingerprint density at radius 1 is 1.22 bits per heavy atom. The maximum absolute atomic E-state index is 12.5. The molecule has 3 N–H and O–H groups in total. The fourth-order valence-electron chi connectivity index (χ4n) is 5.12. The number of likely N-dealkylation sites (tertiary alicyclic amines) is 1. The van der Waals surface area contributed by atoms with Crippen LogP contribution in [0.3, 0.4) is 0 Å². The van der Waals surface area contributed by atoms with Gasteiger partial charge in [0.15, 0.2) is 0 Å². The number of amides is 2. The van der Waals surface area contributed by atoms with Crippen molar-refractivity contribution >= 4 is 11.8 Å². The van der Waals surface area contributed by atoms with E-state index in [1.807, 2.05) is 0 Å². The highest BCUT2D eigenvalue weighted by molar-refractivity contribution is 5.79. The number of piperidine rings is 1. The van der Waals surface area contributed by atoms with E-state index in [-0.39, 0.29) is 23.3 Å². The largest absolute Gasteiger partial charge is 0.369 e. The van der Waals surface area contributed by atoms with Crippen molar-refractivity contribution in [2.75, 3.05) is 19.6 Å². The summed E-state index contributed by atoms with van der Waals surface area (Å²) < 4.78 is 0. The quantitative estimate of drug-likeness (QED) is 0.808. The number of nitrogens with two attached hydrogens (primary N) is 1. The molecule has 0 aromatic heterocycles. The summed E-state index contributed by atoms with van der Waals surface area (Å²) in [6, 6.07) is 0. The smallest absolute Gasteiger partial charge is 0.234 e. The molecule has 130 valence electrons. The number of hydrogen-bond donors (Lipinski definition) is 2. The monoisotopic (exact) mass is 321 g/mol. The normalized spacial score (nSPS) is 35.2. The first-order valence-electron chi connectivity index (χ1n) is 9.32. The third-order valence-corrected chi connectivity index (χ3v) is 6.40. The van der Waals surface area contributed by atoms with Crippen LogP contribution in [0.4, 0.5) is 0 Å². The lowest BCUT2D eigenvalue weighted by molar-refractivity contribution is -0.125. The van der Waals surface area contributed by atoms with Gasteiger partial charge in [-0.25, -0.2) is 0 Å². The van der Waals surface area contributed by atoms with Crippen molar-refractivity contribution < 1.29 is 9.59 Å². The number of rotatable bonds is 5. The minimum atomic E-state index is -0.196. The summed E-state index contributed by atoms with van der Waals surface area (Å²) in [4.78, 5) is 25.9. The standard InChI is InChI=1S/C18H31N3O2/c1-2-13-9-14-3-6-18(10-13,11-14)20-16(22)12-21-7-4-15(5-8-21)17(19)23/h13-15H,2-12H2,1H3,(H2,19,23)(H,20,22). The molecule has 23 heavy (non-hydrogen) atoms. The Labute approximate surface area is 139 Å². The first-order valence-corrected chi connectivity index (χ1v) is 9.32. The lowest BCUT2D eigenvalue weighted by Gasteiger charge is -2.39. The Balaban J connectivity index is 1.49. The summed E-state index contributed by atoms with van der Waals surface area (Å²) in [7, 11) is 0. The second-order valence-electron chi connectivity index (χ2n) is 8.10. The van der Waals surface area contributed by atoms with Crippen molar-refractivity contribution in [1.29, 1.82) is 0 Å². The van der Waals surface area contributed by atoms with Gasteiger partial charge >= 0.3 is 0 Å². The molecule has 5 heteroatoms. The first kappa shape index (κ1) is 16.7. The van der Waals surface area contributed by atoms with Crippen LogP contribution in [-0.2, 0) is 9.59 Å². The van der Waals surface area contributed by atoms with Crippen molar-refractivity contribution in [3.05, 3.63) is 0 Å². The van der Waals surface area contributed by atoms with E-state index in [0.29, 0.717) is 6.54 Å². The van der Waals surface area contributed by atoms with E-state index >= 15 is 0 Å². The predicted molar refractivity (Wildman–Crippen MR) is 89.6 cm³/mol. The van der Waals surface area contributed by atoms with Crippen molar-refractivity contribution in [1.82, 2.24) is 10.2 Å². The summed E-state index contributed by atoms with van der Waals surface area (Å²) in [6.45, 7) is 4.34. The van der Waals surface area contributed by atoms with Gasteiger partial charge in [-0.05, 0) is 69.9 Å². The van der Waals surface area contributed by atoms with E-state index in [2.05, 4.69) is 17.1 Å². The number of carbonyl (C=O) groups is 2. The average Bonchev–Trinajstić information content (AvgIpc) is 2.81. The van der Waals surface area contributed by atoms with Crippen LogP contribution in [0, 0.1) is 17.8 Å². The molecule has 2 bridgehead atoms. The number of fused-ring (bicyclic) bond motifs is 2. The Morgan fingerprint density at radius 2 is 1.96 bits per heavy atom. The average molecular weight is 321 g/mol. The van der Waals surface area contributed by atoms with Gasteiger partial charge < -0.3 is 11.1 Å². The Hall–Kier alpha value is -1.10. The first-order chi connectivity index (χ1) is 11.0. The molecule has 0 radical (unpaired) electrons. The molecule has 2 saturated carbocycles. The van der Waals surface area contributed by atoms with Gasteiger partial charge in [0.25, 0.3) is 0 Å². The van der Waals surface area contributed by atoms with Crippen LogP contribution in [0.1, 0.15) is 58.3 Å². The van der Waals surface area contributed by atoms with E-state index in [1.165, 1.54) is 25.7 Å². The van der Waals surface area contributed by atoms with Crippen LogP contribution in [0.5, 0.6) is 0 Å². The molecule has 1 saturated heterocycles. The highest BCUT2D eigenvalue weighted by Gasteiger charge is 2.46. The maximum atomic E-state index is 12.5. The van der Waals surface area contributed by atoms with Crippen LogP contribution in [0.25, 0.3) is 0 Å². The van der Waals surface area contributed by atoms with Gasteiger partial charge in [0.2, 0.25) is 11.8 Å². The highest BCUT2D eigenvalue weighted by Crippen LogP contribution is 2.48. The topological polar surface area (TPSA) is 75.4 Å². The van der Waals surface area contributed by atoms with E-state index < -0.39 is 0 Å². The van der Waals surface area contributed by atoms with Gasteiger partial charge in [-0.2, -0.15) is 0 Å². The molecule has 0 aromatic rings. The molecule has 1 heterocycles. The number of hydrogen-bond acceptors (Lipinski definition) is 3. The summed E-state index contributed by atoms with van der Waals surface area (Å²) in [5.74, 6) is 1.56. The van der Waals surface area contributed by atoms with Crippen LogP contribution in [0.15, 0.2) is 0 Å². The van der Waals surface area contributed by atoms with Gasteiger partial charge in [0.1, 0.15) is 0 Å². The molecular weight excluding hydrogens is 290 g/mol. The molecule has 1 aliphatic heterocycles. The summed E-state index contributed by atoms with van der Waals surface area (Å²) in [6.07, 6.45) is 8.93. The maximum Gasteiger partial charge on any atom is 0.234 e. The summed E-state index contributed by atoms with van der Waals surface area (Å²) in [5, 5.41) is 3.40. The second-order valence-corrected chi connectivity index (χ2v) is 8.10. The number of nitrogens with one attached hydrogen (secondary N) is 1. The fourth-order valence-corrected chi connectivity index (χ4v) is 5.12. The molecule has 2 amide bonds. The van der Waals surface area contributed by atoms with Crippen molar-refractivity contribution in [3.63, 3.8) is 0 Å². The van der Waals surface area contributed by atoms with E-state index in [9.17, 15) is 9.59 Å². The highest BCUT2D eigenvalue weighted by atomic mass is 16.2. The Morgan fingerprint density at radius 3 is 2.61 bits per heavy atom. The number of nitrogens with zero attached hydrogens (tertiary/aromatic N) is 1. The Bertz CT molecular complexity index is 459. The molecule has 3 atom stereocenters.